The molecule has 6 nitrogen and oxygen atoms in total. The average molecular weight is 441 g/mol. The van der Waals surface area contributed by atoms with Crippen LogP contribution < -0.4 is 9.64 Å². The number of benzene rings is 2. The summed E-state index contributed by atoms with van der Waals surface area (Å²) >= 11 is 0. The van der Waals surface area contributed by atoms with Gasteiger partial charge in [-0.15, -0.1) is 0 Å². The van der Waals surface area contributed by atoms with Gasteiger partial charge < -0.3 is 19.7 Å². The van der Waals surface area contributed by atoms with E-state index in [4.69, 9.17) is 9.84 Å². The predicted molar refractivity (Wildman–Crippen MR) is 117 cm³/mol. The molecule has 1 aliphatic carbocycles. The zero-order valence-corrected chi connectivity index (χ0v) is 17.6. The Hall–Kier alpha value is -3.16. The zero-order chi connectivity index (χ0) is 22.2. The number of aromatic amines is 1. The number of anilines is 1. The number of nitrogens with one attached hydrogen (secondary N) is 1. The van der Waals surface area contributed by atoms with E-state index in [1.54, 1.807) is 12.1 Å². The van der Waals surface area contributed by atoms with Crippen LogP contribution in [0.25, 0.3) is 22.2 Å². The van der Waals surface area contributed by atoms with E-state index in [-0.39, 0.29) is 34.6 Å². The van der Waals surface area contributed by atoms with Crippen LogP contribution in [0.5, 0.6) is 6.01 Å². The van der Waals surface area contributed by atoms with Crippen molar-refractivity contribution in [3.8, 4) is 17.1 Å². The van der Waals surface area contributed by atoms with E-state index in [2.05, 4.69) is 14.9 Å². The van der Waals surface area contributed by atoms with Gasteiger partial charge in [-0.05, 0) is 56.2 Å². The Labute approximate surface area is 184 Å². The van der Waals surface area contributed by atoms with E-state index in [1.807, 2.05) is 12.1 Å². The molecule has 3 aromatic rings. The van der Waals surface area contributed by atoms with E-state index in [0.29, 0.717) is 31.2 Å². The van der Waals surface area contributed by atoms with Gasteiger partial charge in [0, 0.05) is 24.8 Å². The molecular formula is C24H25F2N3O3. The number of imidazole rings is 1. The quantitative estimate of drug-likeness (QED) is 0.574. The number of carboxylic acid groups (broad SMARTS) is 1. The van der Waals surface area contributed by atoms with Crippen LogP contribution in [0.4, 0.5) is 14.5 Å². The van der Waals surface area contributed by atoms with Crippen molar-refractivity contribution in [1.82, 2.24) is 9.97 Å². The highest BCUT2D eigenvalue weighted by Crippen LogP contribution is 2.34. The Morgan fingerprint density at radius 2 is 1.78 bits per heavy atom. The zero-order valence-electron chi connectivity index (χ0n) is 17.6. The van der Waals surface area contributed by atoms with Gasteiger partial charge in [0.25, 0.3) is 6.01 Å². The number of carbonyl (C=O) groups is 1. The van der Waals surface area contributed by atoms with Gasteiger partial charge in [-0.3, -0.25) is 4.79 Å². The molecule has 1 aromatic heterocycles. The van der Waals surface area contributed by atoms with Gasteiger partial charge in [-0.2, -0.15) is 4.98 Å². The summed E-state index contributed by atoms with van der Waals surface area (Å²) in [7, 11) is 0. The molecule has 2 N–H and O–H groups in total. The number of nitrogens with zero attached hydrogens (tertiary/aromatic N) is 2. The van der Waals surface area contributed by atoms with Crippen LogP contribution in [0.15, 0.2) is 30.3 Å². The van der Waals surface area contributed by atoms with Crippen molar-refractivity contribution in [2.45, 2.75) is 44.6 Å². The van der Waals surface area contributed by atoms with Crippen LogP contribution in [-0.4, -0.2) is 40.2 Å². The smallest absolute Gasteiger partial charge is 0.306 e. The highest BCUT2D eigenvalue weighted by molar-refractivity contribution is 5.84. The minimum Gasteiger partial charge on any atom is -0.481 e. The summed E-state index contributed by atoms with van der Waals surface area (Å²) in [6.07, 6.45) is 4.34. The third kappa shape index (κ3) is 3.89. The molecule has 2 aromatic carbocycles. The number of halogens is 2. The van der Waals surface area contributed by atoms with Crippen molar-refractivity contribution in [3.63, 3.8) is 0 Å². The Morgan fingerprint density at radius 3 is 2.44 bits per heavy atom. The molecule has 5 rings (SSSR count). The summed E-state index contributed by atoms with van der Waals surface area (Å²) in [5.41, 5.74) is 1.67. The highest BCUT2D eigenvalue weighted by atomic mass is 19.1. The van der Waals surface area contributed by atoms with Crippen LogP contribution in [0.3, 0.4) is 0 Å². The summed E-state index contributed by atoms with van der Waals surface area (Å²) in [5.74, 6) is -2.53. The molecule has 1 aliphatic heterocycles. The first-order valence-electron chi connectivity index (χ1n) is 11.1. The third-order valence-electron chi connectivity index (χ3n) is 6.58. The summed E-state index contributed by atoms with van der Waals surface area (Å²) in [6, 6.07) is 8.65. The number of aliphatic carboxylic acids is 1. The van der Waals surface area contributed by atoms with Crippen molar-refractivity contribution in [2.75, 3.05) is 18.0 Å². The standard InChI is InChI=1S/C24H25F2N3O3/c25-18-13-19-22(28-24(27-19)32-17-9-5-15(6-10-17)23(30)31)21(26)20(18)14-3-7-16(8-4-14)29-11-1-2-12-29/h3-4,7-8,13,15,17H,1-2,5-6,9-12H2,(H,27,28)(H,30,31). The molecule has 168 valence electrons. The molecule has 8 heteroatoms. The fourth-order valence-corrected chi connectivity index (χ4v) is 4.78. The van der Waals surface area contributed by atoms with Gasteiger partial charge in [-0.1, -0.05) is 12.1 Å². The lowest BCUT2D eigenvalue weighted by Gasteiger charge is -2.25. The van der Waals surface area contributed by atoms with Crippen LogP contribution in [0.1, 0.15) is 38.5 Å². The van der Waals surface area contributed by atoms with Crippen molar-refractivity contribution in [2.24, 2.45) is 5.92 Å². The summed E-state index contributed by atoms with van der Waals surface area (Å²) < 4.78 is 36.0. The minimum atomic E-state index is -0.786. The number of fused-ring (bicyclic) bond motifs is 1. The van der Waals surface area contributed by atoms with Gasteiger partial charge >= 0.3 is 5.97 Å². The second kappa shape index (κ2) is 8.41. The molecule has 0 unspecified atom stereocenters. The molecule has 2 heterocycles. The maximum atomic E-state index is 15.3. The van der Waals surface area contributed by atoms with Crippen LogP contribution >= 0.6 is 0 Å². The Morgan fingerprint density at radius 1 is 1.09 bits per heavy atom. The number of carboxylic acids is 1. The molecular weight excluding hydrogens is 416 g/mol. The minimum absolute atomic E-state index is 0.0271. The number of hydrogen-bond donors (Lipinski definition) is 2. The Bertz CT molecular complexity index is 1130. The molecule has 1 saturated carbocycles. The molecule has 0 spiro atoms. The summed E-state index contributed by atoms with van der Waals surface area (Å²) in [5, 5.41) is 9.12. The van der Waals surface area contributed by atoms with E-state index >= 15 is 4.39 Å². The molecule has 0 amide bonds. The number of hydrogen-bond acceptors (Lipinski definition) is 4. The fourth-order valence-electron chi connectivity index (χ4n) is 4.78. The predicted octanol–water partition coefficient (Wildman–Crippen LogP) is 5.13. The Balaban J connectivity index is 1.38. The van der Waals surface area contributed by atoms with Gasteiger partial charge in [0.05, 0.1) is 17.0 Å². The van der Waals surface area contributed by atoms with Crippen LogP contribution in [0, 0.1) is 17.6 Å². The first-order valence-corrected chi connectivity index (χ1v) is 11.1. The van der Waals surface area contributed by atoms with Gasteiger partial charge in [0.1, 0.15) is 17.4 Å². The largest absolute Gasteiger partial charge is 0.481 e. The lowest BCUT2D eigenvalue weighted by atomic mass is 9.87. The maximum Gasteiger partial charge on any atom is 0.306 e. The monoisotopic (exact) mass is 441 g/mol. The fraction of sp³-hybridized carbons (Fsp3) is 0.417. The number of aromatic nitrogens is 2. The maximum absolute atomic E-state index is 15.3. The van der Waals surface area contributed by atoms with Crippen LogP contribution in [0.2, 0.25) is 0 Å². The Kier molecular flexibility index (Phi) is 5.45. The first kappa shape index (κ1) is 20.7. The first-order chi connectivity index (χ1) is 15.5. The van der Waals surface area contributed by atoms with E-state index < -0.39 is 17.6 Å². The van der Waals surface area contributed by atoms with Gasteiger partial charge in [0.15, 0.2) is 5.82 Å². The molecule has 1 saturated heterocycles. The second-order valence-corrected chi connectivity index (χ2v) is 8.66. The van der Waals surface area contributed by atoms with Gasteiger partial charge in [0.2, 0.25) is 0 Å². The van der Waals surface area contributed by atoms with Crippen molar-refractivity contribution < 1.29 is 23.4 Å². The number of rotatable bonds is 5. The number of ether oxygens (including phenoxy) is 1. The van der Waals surface area contributed by atoms with E-state index in [0.717, 1.165) is 31.6 Å². The van der Waals surface area contributed by atoms with E-state index in [1.165, 1.54) is 6.07 Å². The van der Waals surface area contributed by atoms with Crippen molar-refractivity contribution in [1.29, 1.82) is 0 Å². The molecule has 2 aliphatic rings. The number of H-pyrrole nitrogens is 1. The van der Waals surface area contributed by atoms with Gasteiger partial charge in [-0.25, -0.2) is 8.78 Å². The lowest BCUT2D eigenvalue weighted by molar-refractivity contribution is -0.143. The topological polar surface area (TPSA) is 78.5 Å². The molecule has 2 fully saturated rings. The van der Waals surface area contributed by atoms with Crippen molar-refractivity contribution in [3.05, 3.63) is 42.0 Å². The lowest BCUT2D eigenvalue weighted by Crippen LogP contribution is -2.28. The van der Waals surface area contributed by atoms with E-state index in [9.17, 15) is 9.18 Å². The summed E-state index contributed by atoms with van der Waals surface area (Å²) in [4.78, 5) is 20.4. The molecule has 0 atom stereocenters. The summed E-state index contributed by atoms with van der Waals surface area (Å²) in [6.45, 7) is 2.00. The van der Waals surface area contributed by atoms with Crippen LogP contribution in [-0.2, 0) is 4.79 Å². The average Bonchev–Trinajstić information content (AvgIpc) is 3.45. The van der Waals surface area contributed by atoms with Crippen molar-refractivity contribution >= 4 is 22.7 Å². The molecule has 0 bridgehead atoms. The normalized spacial score (nSPS) is 21.2. The third-order valence-corrected chi connectivity index (χ3v) is 6.58. The SMILES string of the molecule is O=C(O)C1CCC(Oc2nc3c(F)c(-c4ccc(N5CCCC5)cc4)c(F)cc3[nH]2)CC1. The highest BCUT2D eigenvalue weighted by Gasteiger charge is 2.28. The molecule has 0 radical (unpaired) electrons. The molecule has 32 heavy (non-hydrogen) atoms. The second-order valence-electron chi connectivity index (χ2n) is 8.66.